The van der Waals surface area contributed by atoms with Gasteiger partial charge in [-0.05, 0) is 37.8 Å². The van der Waals surface area contributed by atoms with E-state index in [1.54, 1.807) is 0 Å². The van der Waals surface area contributed by atoms with Gasteiger partial charge in [-0.25, -0.2) is 4.98 Å². The molecule has 0 unspecified atom stereocenters. The molecule has 0 bridgehead atoms. The first kappa shape index (κ1) is 12.5. The van der Waals surface area contributed by atoms with Gasteiger partial charge in [0.15, 0.2) is 0 Å². The lowest BCUT2D eigenvalue weighted by atomic mass is 10.0. The SMILES string of the molecule is Cc1cccc(-c2nc(=S)cc(C3CCCC3)[nH]2)c1. The zero-order chi connectivity index (χ0) is 13.2. The third-order valence-corrected chi connectivity index (χ3v) is 4.06. The van der Waals surface area contributed by atoms with Crippen LogP contribution in [-0.4, -0.2) is 9.97 Å². The van der Waals surface area contributed by atoms with E-state index in [1.165, 1.54) is 36.9 Å². The van der Waals surface area contributed by atoms with Crippen LogP contribution in [0.5, 0.6) is 0 Å². The van der Waals surface area contributed by atoms with Crippen molar-refractivity contribution in [2.75, 3.05) is 0 Å². The molecule has 0 aliphatic heterocycles. The maximum absolute atomic E-state index is 5.32. The molecule has 1 heterocycles. The van der Waals surface area contributed by atoms with Gasteiger partial charge in [0.1, 0.15) is 10.5 Å². The maximum Gasteiger partial charge on any atom is 0.139 e. The summed E-state index contributed by atoms with van der Waals surface area (Å²) in [5.41, 5.74) is 3.62. The van der Waals surface area contributed by atoms with E-state index in [1.807, 2.05) is 6.07 Å². The van der Waals surface area contributed by atoms with Crippen LogP contribution < -0.4 is 0 Å². The van der Waals surface area contributed by atoms with Gasteiger partial charge in [0.05, 0.1) is 0 Å². The molecule has 19 heavy (non-hydrogen) atoms. The second-order valence-electron chi connectivity index (χ2n) is 5.37. The van der Waals surface area contributed by atoms with Crippen molar-refractivity contribution in [1.82, 2.24) is 9.97 Å². The highest BCUT2D eigenvalue weighted by molar-refractivity contribution is 7.71. The first-order chi connectivity index (χ1) is 9.22. The molecule has 1 fully saturated rings. The quantitative estimate of drug-likeness (QED) is 0.796. The molecule has 2 aromatic rings. The summed E-state index contributed by atoms with van der Waals surface area (Å²) in [6.07, 6.45) is 5.19. The molecule has 1 N–H and O–H groups in total. The molecule has 1 aromatic heterocycles. The van der Waals surface area contributed by atoms with Crippen LogP contribution in [0.2, 0.25) is 0 Å². The third kappa shape index (κ3) is 2.76. The van der Waals surface area contributed by atoms with Crippen LogP contribution in [0, 0.1) is 11.6 Å². The highest BCUT2D eigenvalue weighted by Crippen LogP contribution is 2.33. The number of hydrogen-bond donors (Lipinski definition) is 1. The molecule has 0 amide bonds. The Bertz CT molecular complexity index is 639. The first-order valence-electron chi connectivity index (χ1n) is 6.91. The predicted octanol–water partition coefficient (Wildman–Crippen LogP) is 4.77. The Balaban J connectivity index is 2.04. The van der Waals surface area contributed by atoms with Gasteiger partial charge in [0, 0.05) is 11.3 Å². The fourth-order valence-corrected chi connectivity index (χ4v) is 3.08. The smallest absolute Gasteiger partial charge is 0.139 e. The van der Waals surface area contributed by atoms with E-state index < -0.39 is 0 Å². The van der Waals surface area contributed by atoms with E-state index in [4.69, 9.17) is 12.2 Å². The van der Waals surface area contributed by atoms with Crippen molar-refractivity contribution in [3.63, 3.8) is 0 Å². The number of nitrogens with zero attached hydrogens (tertiary/aromatic N) is 1. The standard InChI is InChI=1S/C16H18N2S/c1-11-5-4-8-13(9-11)16-17-14(10-15(19)18-16)12-6-2-3-7-12/h4-5,8-10,12H,2-3,6-7H2,1H3,(H,17,18,19). The van der Waals surface area contributed by atoms with Gasteiger partial charge in [-0.15, -0.1) is 0 Å². The lowest BCUT2D eigenvalue weighted by molar-refractivity contribution is 0.694. The molecule has 0 spiro atoms. The summed E-state index contributed by atoms with van der Waals surface area (Å²) in [5, 5.41) is 0. The molecular formula is C16H18N2S. The number of nitrogens with one attached hydrogen (secondary N) is 1. The molecule has 2 nitrogen and oxygen atoms in total. The molecule has 3 rings (SSSR count). The summed E-state index contributed by atoms with van der Waals surface area (Å²) in [6.45, 7) is 2.10. The molecule has 1 aromatic carbocycles. The molecule has 1 saturated carbocycles. The minimum Gasteiger partial charge on any atom is -0.343 e. The zero-order valence-corrected chi connectivity index (χ0v) is 12.0. The third-order valence-electron chi connectivity index (χ3n) is 3.85. The van der Waals surface area contributed by atoms with E-state index >= 15 is 0 Å². The minimum atomic E-state index is 0.633. The number of aromatic nitrogens is 2. The summed E-state index contributed by atoms with van der Waals surface area (Å²) in [6, 6.07) is 10.4. The summed E-state index contributed by atoms with van der Waals surface area (Å²) >= 11 is 5.32. The number of H-pyrrole nitrogens is 1. The monoisotopic (exact) mass is 270 g/mol. The Hall–Kier alpha value is -1.48. The Morgan fingerprint density at radius 2 is 2.00 bits per heavy atom. The van der Waals surface area contributed by atoms with Crippen molar-refractivity contribution >= 4 is 12.2 Å². The number of aromatic amines is 1. The van der Waals surface area contributed by atoms with Crippen molar-refractivity contribution in [2.45, 2.75) is 38.5 Å². The van der Waals surface area contributed by atoms with Crippen molar-refractivity contribution in [3.8, 4) is 11.4 Å². The maximum atomic E-state index is 5.32. The van der Waals surface area contributed by atoms with Crippen LogP contribution in [0.1, 0.15) is 42.9 Å². The van der Waals surface area contributed by atoms with Gasteiger partial charge < -0.3 is 4.98 Å². The highest BCUT2D eigenvalue weighted by Gasteiger charge is 2.18. The second-order valence-corrected chi connectivity index (χ2v) is 5.79. The normalized spacial score (nSPS) is 15.8. The lowest BCUT2D eigenvalue weighted by Gasteiger charge is -2.11. The Morgan fingerprint density at radius 1 is 1.21 bits per heavy atom. The average Bonchev–Trinajstić information content (AvgIpc) is 2.92. The zero-order valence-electron chi connectivity index (χ0n) is 11.1. The van der Waals surface area contributed by atoms with E-state index in [-0.39, 0.29) is 0 Å². The van der Waals surface area contributed by atoms with Crippen molar-refractivity contribution in [1.29, 1.82) is 0 Å². The molecule has 1 aliphatic rings. The van der Waals surface area contributed by atoms with Gasteiger partial charge in [0.25, 0.3) is 0 Å². The second kappa shape index (κ2) is 5.25. The molecule has 98 valence electrons. The summed E-state index contributed by atoms with van der Waals surface area (Å²) < 4.78 is 0.692. The van der Waals surface area contributed by atoms with Gasteiger partial charge in [0.2, 0.25) is 0 Å². The topological polar surface area (TPSA) is 28.7 Å². The fourth-order valence-electron chi connectivity index (χ4n) is 2.86. The van der Waals surface area contributed by atoms with Crippen molar-refractivity contribution < 1.29 is 0 Å². The van der Waals surface area contributed by atoms with Crippen LogP contribution in [0.4, 0.5) is 0 Å². The van der Waals surface area contributed by atoms with Crippen LogP contribution in [-0.2, 0) is 0 Å². The average molecular weight is 270 g/mol. The van der Waals surface area contributed by atoms with Gasteiger partial charge in [-0.1, -0.05) is 48.8 Å². The molecule has 1 aliphatic carbocycles. The van der Waals surface area contributed by atoms with Gasteiger partial charge >= 0.3 is 0 Å². The van der Waals surface area contributed by atoms with E-state index in [0.29, 0.717) is 10.6 Å². The summed E-state index contributed by atoms with van der Waals surface area (Å²) in [5.74, 6) is 1.53. The molecule has 3 heteroatoms. The minimum absolute atomic E-state index is 0.633. The number of benzene rings is 1. The molecular weight excluding hydrogens is 252 g/mol. The number of rotatable bonds is 2. The molecule has 0 saturated heterocycles. The van der Waals surface area contributed by atoms with Crippen molar-refractivity contribution in [2.24, 2.45) is 0 Å². The lowest BCUT2D eigenvalue weighted by Crippen LogP contribution is -2.00. The largest absolute Gasteiger partial charge is 0.343 e. The van der Waals surface area contributed by atoms with E-state index in [9.17, 15) is 0 Å². The van der Waals surface area contributed by atoms with Gasteiger partial charge in [-0.3, -0.25) is 0 Å². The summed E-state index contributed by atoms with van der Waals surface area (Å²) in [4.78, 5) is 7.97. The van der Waals surface area contributed by atoms with Gasteiger partial charge in [-0.2, -0.15) is 0 Å². The Labute approximate surface area is 118 Å². The highest BCUT2D eigenvalue weighted by atomic mass is 32.1. The van der Waals surface area contributed by atoms with Crippen LogP contribution >= 0.6 is 12.2 Å². The predicted molar refractivity (Wildman–Crippen MR) is 80.8 cm³/mol. The van der Waals surface area contributed by atoms with Crippen LogP contribution in [0.15, 0.2) is 30.3 Å². The number of aryl methyl sites for hydroxylation is 1. The Morgan fingerprint density at radius 3 is 2.74 bits per heavy atom. The van der Waals surface area contributed by atoms with Crippen molar-refractivity contribution in [3.05, 3.63) is 46.2 Å². The molecule has 0 radical (unpaired) electrons. The molecule has 0 atom stereocenters. The van der Waals surface area contributed by atoms with Crippen LogP contribution in [0.25, 0.3) is 11.4 Å². The Kier molecular flexibility index (Phi) is 3.47. The van der Waals surface area contributed by atoms with E-state index in [0.717, 1.165) is 11.4 Å². The summed E-state index contributed by atoms with van der Waals surface area (Å²) in [7, 11) is 0. The fraction of sp³-hybridized carbons (Fsp3) is 0.375. The first-order valence-corrected chi connectivity index (χ1v) is 7.31. The number of hydrogen-bond acceptors (Lipinski definition) is 2. The van der Waals surface area contributed by atoms with Crippen LogP contribution in [0.3, 0.4) is 0 Å². The van der Waals surface area contributed by atoms with E-state index in [2.05, 4.69) is 41.2 Å².